The van der Waals surface area contributed by atoms with Crippen LogP contribution in [-0.4, -0.2) is 10.1 Å². The van der Waals surface area contributed by atoms with Crippen LogP contribution in [0.1, 0.15) is 17.2 Å². The molecule has 3 rings (SSSR count). The lowest BCUT2D eigenvalue weighted by Crippen LogP contribution is -2.02. The maximum Gasteiger partial charge on any atom is 0.0830 e. The van der Waals surface area contributed by atoms with Crippen LogP contribution < -0.4 is 0 Å². The number of rotatable bonds is 3. The molecule has 0 fully saturated rings. The Morgan fingerprint density at radius 2 is 1.85 bits per heavy atom. The van der Waals surface area contributed by atoms with E-state index in [2.05, 4.69) is 4.98 Å². The third kappa shape index (κ3) is 2.67. The summed E-state index contributed by atoms with van der Waals surface area (Å²) in [5.74, 6) is 0. The Balaban J connectivity index is 1.95. The van der Waals surface area contributed by atoms with E-state index in [1.165, 1.54) is 0 Å². The zero-order valence-corrected chi connectivity index (χ0v) is 11.6. The zero-order valence-electron chi connectivity index (χ0n) is 10.8. The van der Waals surface area contributed by atoms with E-state index in [4.69, 9.17) is 11.6 Å². The van der Waals surface area contributed by atoms with Crippen LogP contribution in [0.3, 0.4) is 0 Å². The standard InChI is InChI=1S/C17H14ClNO/c18-14-6-7-15-13(8-9-19-16(15)11-14)10-17(20)12-4-2-1-3-5-12/h1-9,11,17,20H,10H2. The highest BCUT2D eigenvalue weighted by atomic mass is 35.5. The Hall–Kier alpha value is -1.90. The van der Waals surface area contributed by atoms with Gasteiger partial charge in [0.25, 0.3) is 0 Å². The van der Waals surface area contributed by atoms with E-state index in [0.717, 1.165) is 22.0 Å². The first kappa shape index (κ1) is 13.1. The van der Waals surface area contributed by atoms with Crippen molar-refractivity contribution in [2.24, 2.45) is 0 Å². The number of halogens is 1. The highest BCUT2D eigenvalue weighted by Crippen LogP contribution is 2.25. The first-order chi connectivity index (χ1) is 9.74. The lowest BCUT2D eigenvalue weighted by atomic mass is 9.99. The molecule has 0 bridgehead atoms. The van der Waals surface area contributed by atoms with Crippen LogP contribution in [0.15, 0.2) is 60.8 Å². The molecule has 0 saturated heterocycles. The first-order valence-electron chi connectivity index (χ1n) is 6.50. The Morgan fingerprint density at radius 3 is 2.65 bits per heavy atom. The summed E-state index contributed by atoms with van der Waals surface area (Å²) < 4.78 is 0. The SMILES string of the molecule is OC(Cc1ccnc2cc(Cl)ccc12)c1ccccc1. The van der Waals surface area contributed by atoms with Gasteiger partial charge < -0.3 is 5.11 Å². The maximum absolute atomic E-state index is 10.3. The van der Waals surface area contributed by atoms with Crippen molar-refractivity contribution in [1.29, 1.82) is 0 Å². The van der Waals surface area contributed by atoms with Gasteiger partial charge in [0.05, 0.1) is 11.6 Å². The third-order valence-corrected chi connectivity index (χ3v) is 3.63. The quantitative estimate of drug-likeness (QED) is 0.783. The van der Waals surface area contributed by atoms with Crippen molar-refractivity contribution < 1.29 is 5.11 Å². The lowest BCUT2D eigenvalue weighted by Gasteiger charge is -2.12. The molecule has 2 aromatic carbocycles. The molecule has 1 aromatic heterocycles. The van der Waals surface area contributed by atoms with Gasteiger partial charge >= 0.3 is 0 Å². The van der Waals surface area contributed by atoms with E-state index in [-0.39, 0.29) is 0 Å². The number of pyridine rings is 1. The van der Waals surface area contributed by atoms with Gasteiger partial charge in [0.15, 0.2) is 0 Å². The second-order valence-corrected chi connectivity index (χ2v) is 5.20. The fraction of sp³-hybridized carbons (Fsp3) is 0.118. The molecule has 0 radical (unpaired) electrons. The van der Waals surface area contributed by atoms with E-state index in [1.807, 2.05) is 54.6 Å². The number of aliphatic hydroxyl groups is 1. The molecule has 1 heterocycles. The first-order valence-corrected chi connectivity index (χ1v) is 6.88. The predicted molar refractivity (Wildman–Crippen MR) is 81.9 cm³/mol. The van der Waals surface area contributed by atoms with E-state index in [9.17, 15) is 5.11 Å². The molecule has 1 atom stereocenters. The molecule has 1 N–H and O–H groups in total. The summed E-state index contributed by atoms with van der Waals surface area (Å²) in [6.07, 6.45) is 1.80. The number of benzene rings is 2. The van der Waals surface area contributed by atoms with Gasteiger partial charge in [-0.15, -0.1) is 0 Å². The molecular weight excluding hydrogens is 270 g/mol. The predicted octanol–water partition coefficient (Wildman–Crippen LogP) is 4.16. The summed E-state index contributed by atoms with van der Waals surface area (Å²) in [6.45, 7) is 0. The third-order valence-electron chi connectivity index (χ3n) is 3.39. The van der Waals surface area contributed by atoms with E-state index in [0.29, 0.717) is 11.4 Å². The summed E-state index contributed by atoms with van der Waals surface area (Å²) >= 11 is 5.98. The molecule has 1 unspecified atom stereocenters. The van der Waals surface area contributed by atoms with Gasteiger partial charge in [-0.05, 0) is 29.3 Å². The number of hydrogen-bond donors (Lipinski definition) is 1. The van der Waals surface area contributed by atoms with Crippen molar-refractivity contribution in [3.05, 3.63) is 76.9 Å². The van der Waals surface area contributed by atoms with Crippen molar-refractivity contribution in [3.8, 4) is 0 Å². The minimum atomic E-state index is -0.516. The summed E-state index contributed by atoms with van der Waals surface area (Å²) in [5, 5.41) is 12.0. The van der Waals surface area contributed by atoms with Crippen LogP contribution in [0.5, 0.6) is 0 Å². The Bertz CT molecular complexity index is 727. The van der Waals surface area contributed by atoms with E-state index >= 15 is 0 Å². The highest BCUT2D eigenvalue weighted by molar-refractivity contribution is 6.31. The van der Waals surface area contributed by atoms with Crippen LogP contribution in [0, 0.1) is 0 Å². The van der Waals surface area contributed by atoms with E-state index < -0.39 is 6.10 Å². The summed E-state index contributed by atoms with van der Waals surface area (Å²) in [6, 6.07) is 17.3. The van der Waals surface area contributed by atoms with Crippen LogP contribution in [0.2, 0.25) is 5.02 Å². The number of hydrogen-bond acceptors (Lipinski definition) is 2. The van der Waals surface area contributed by atoms with Crippen molar-refractivity contribution in [1.82, 2.24) is 4.98 Å². The van der Waals surface area contributed by atoms with Gasteiger partial charge in [0.2, 0.25) is 0 Å². The van der Waals surface area contributed by atoms with Gasteiger partial charge in [0, 0.05) is 23.0 Å². The molecule has 0 saturated carbocycles. The normalized spacial score (nSPS) is 12.5. The zero-order chi connectivity index (χ0) is 13.9. The van der Waals surface area contributed by atoms with E-state index in [1.54, 1.807) is 6.20 Å². The average molecular weight is 284 g/mol. The van der Waals surface area contributed by atoms with Crippen LogP contribution in [0.4, 0.5) is 0 Å². The molecule has 2 nitrogen and oxygen atoms in total. The molecular formula is C17H14ClNO. The van der Waals surface area contributed by atoms with Gasteiger partial charge in [-0.2, -0.15) is 0 Å². The topological polar surface area (TPSA) is 33.1 Å². The largest absolute Gasteiger partial charge is 0.388 e. The van der Waals surface area contributed by atoms with Gasteiger partial charge in [-0.25, -0.2) is 0 Å². The molecule has 0 aliphatic rings. The van der Waals surface area contributed by atoms with Gasteiger partial charge in [0.1, 0.15) is 0 Å². The van der Waals surface area contributed by atoms with Gasteiger partial charge in [-0.3, -0.25) is 4.98 Å². The van der Waals surface area contributed by atoms with Crippen LogP contribution in [-0.2, 0) is 6.42 Å². The Morgan fingerprint density at radius 1 is 1.05 bits per heavy atom. The van der Waals surface area contributed by atoms with Crippen molar-refractivity contribution >= 4 is 22.5 Å². The number of fused-ring (bicyclic) bond motifs is 1. The monoisotopic (exact) mass is 283 g/mol. The number of nitrogens with zero attached hydrogens (tertiary/aromatic N) is 1. The molecule has 0 aliphatic heterocycles. The number of aliphatic hydroxyl groups excluding tert-OH is 1. The minimum absolute atomic E-state index is 0.516. The van der Waals surface area contributed by atoms with Gasteiger partial charge in [-0.1, -0.05) is 48.0 Å². The van der Waals surface area contributed by atoms with Crippen molar-refractivity contribution in [2.45, 2.75) is 12.5 Å². The smallest absolute Gasteiger partial charge is 0.0830 e. The molecule has 20 heavy (non-hydrogen) atoms. The molecule has 100 valence electrons. The second kappa shape index (κ2) is 5.61. The van der Waals surface area contributed by atoms with Crippen molar-refractivity contribution in [2.75, 3.05) is 0 Å². The summed E-state index contributed by atoms with van der Waals surface area (Å²) in [5.41, 5.74) is 2.85. The molecule has 0 amide bonds. The minimum Gasteiger partial charge on any atom is -0.388 e. The molecule has 3 aromatic rings. The second-order valence-electron chi connectivity index (χ2n) is 4.76. The fourth-order valence-corrected chi connectivity index (χ4v) is 2.53. The molecule has 3 heteroatoms. The Kier molecular flexibility index (Phi) is 3.68. The molecule has 0 aliphatic carbocycles. The van der Waals surface area contributed by atoms with Crippen molar-refractivity contribution in [3.63, 3.8) is 0 Å². The maximum atomic E-state index is 10.3. The number of aromatic nitrogens is 1. The van der Waals surface area contributed by atoms with Crippen LogP contribution in [0.25, 0.3) is 10.9 Å². The molecule has 0 spiro atoms. The average Bonchev–Trinajstić information content (AvgIpc) is 2.48. The lowest BCUT2D eigenvalue weighted by molar-refractivity contribution is 0.179. The van der Waals surface area contributed by atoms with Crippen LogP contribution >= 0.6 is 11.6 Å². The Labute approximate surface area is 122 Å². The highest BCUT2D eigenvalue weighted by Gasteiger charge is 2.10. The summed E-state index contributed by atoms with van der Waals surface area (Å²) in [4.78, 5) is 4.32. The summed E-state index contributed by atoms with van der Waals surface area (Å²) in [7, 11) is 0. The fourth-order valence-electron chi connectivity index (χ4n) is 2.36.